The van der Waals surface area contributed by atoms with Crippen LogP contribution in [0.2, 0.25) is 0 Å². The predicted octanol–water partition coefficient (Wildman–Crippen LogP) is 4.96. The zero-order chi connectivity index (χ0) is 23.3. The van der Waals surface area contributed by atoms with Gasteiger partial charge in [0.05, 0.1) is 17.6 Å². The lowest BCUT2D eigenvalue weighted by atomic mass is 10.2. The summed E-state index contributed by atoms with van der Waals surface area (Å²) in [5.74, 6) is 0.681. The number of rotatable bonds is 8. The molecule has 0 spiro atoms. The molecule has 1 aromatic heterocycles. The average molecular weight is 441 g/mol. The summed E-state index contributed by atoms with van der Waals surface area (Å²) in [5.41, 5.74) is 2.49. The Morgan fingerprint density at radius 1 is 1.19 bits per heavy atom. The Labute approximate surface area is 189 Å². The highest BCUT2D eigenvalue weighted by atomic mass is 19.1. The normalized spacial score (nSPS) is 12.7. The number of hydrogen-bond donors (Lipinski definition) is 1. The van der Waals surface area contributed by atoms with E-state index in [9.17, 15) is 9.18 Å². The maximum absolute atomic E-state index is 13.3. The molecule has 172 valence electrons. The number of aromatic nitrogens is 2. The Morgan fingerprint density at radius 2 is 1.88 bits per heavy atom. The van der Waals surface area contributed by atoms with Crippen LogP contribution in [0.3, 0.4) is 0 Å². The molecule has 0 aliphatic heterocycles. The lowest BCUT2D eigenvalue weighted by Crippen LogP contribution is -2.40. The lowest BCUT2D eigenvalue weighted by molar-refractivity contribution is 0.0230. The fourth-order valence-corrected chi connectivity index (χ4v) is 3.43. The van der Waals surface area contributed by atoms with E-state index in [1.54, 1.807) is 24.1 Å². The zero-order valence-electron chi connectivity index (χ0n) is 19.6. The highest BCUT2D eigenvalue weighted by molar-refractivity contribution is 5.76. The van der Waals surface area contributed by atoms with Crippen LogP contribution in [0.5, 0.6) is 0 Å². The molecule has 6 nitrogen and oxygen atoms in total. The number of nitrogens with one attached hydrogen (secondary N) is 1. The van der Waals surface area contributed by atoms with E-state index in [2.05, 4.69) is 9.88 Å². The monoisotopic (exact) mass is 440 g/mol. The van der Waals surface area contributed by atoms with E-state index >= 15 is 0 Å². The molecular weight excluding hydrogens is 407 g/mol. The van der Waals surface area contributed by atoms with Crippen molar-refractivity contribution < 1.29 is 13.9 Å². The van der Waals surface area contributed by atoms with Crippen LogP contribution in [0.4, 0.5) is 9.18 Å². The van der Waals surface area contributed by atoms with Crippen molar-refractivity contribution in [2.24, 2.45) is 0 Å². The molecule has 0 radical (unpaired) electrons. The van der Waals surface area contributed by atoms with Crippen molar-refractivity contribution in [2.75, 3.05) is 13.6 Å². The van der Waals surface area contributed by atoms with Crippen LogP contribution in [0.1, 0.15) is 45.5 Å². The van der Waals surface area contributed by atoms with Crippen LogP contribution in [-0.2, 0) is 17.8 Å². The first-order valence-electron chi connectivity index (χ1n) is 11.0. The highest BCUT2D eigenvalue weighted by Gasteiger charge is 2.22. The minimum atomic E-state index is -0.507. The van der Waals surface area contributed by atoms with Gasteiger partial charge < -0.3 is 19.5 Å². The standard InChI is InChI=1S/C25H33FN4O2/c1-18(29(5)24(31)32-25(2,3)4)14-15-27-16-23-28-21-8-6-7-9-22(21)30(23)17-19-10-12-20(26)13-11-19/h6-13,18,27H,14-17H2,1-5H3. The number of imidazole rings is 1. The van der Waals surface area contributed by atoms with Crippen molar-refractivity contribution >= 4 is 17.1 Å². The molecule has 7 heteroatoms. The number of halogens is 1. The smallest absolute Gasteiger partial charge is 0.410 e. The lowest BCUT2D eigenvalue weighted by Gasteiger charge is -2.28. The summed E-state index contributed by atoms with van der Waals surface area (Å²) in [5, 5.41) is 3.45. The van der Waals surface area contributed by atoms with Crippen molar-refractivity contribution in [3.63, 3.8) is 0 Å². The summed E-state index contributed by atoms with van der Waals surface area (Å²) in [6, 6.07) is 14.6. The van der Waals surface area contributed by atoms with Gasteiger partial charge in [0.2, 0.25) is 0 Å². The third-order valence-corrected chi connectivity index (χ3v) is 5.35. The maximum atomic E-state index is 13.3. The Bertz CT molecular complexity index is 1040. The third-order valence-electron chi connectivity index (χ3n) is 5.35. The maximum Gasteiger partial charge on any atom is 0.410 e. The molecule has 1 unspecified atom stereocenters. The summed E-state index contributed by atoms with van der Waals surface area (Å²) in [4.78, 5) is 18.7. The first-order chi connectivity index (χ1) is 15.1. The molecular formula is C25H33FN4O2. The van der Waals surface area contributed by atoms with Gasteiger partial charge in [0.25, 0.3) is 0 Å². The summed E-state index contributed by atoms with van der Waals surface area (Å²) in [6.07, 6.45) is 0.472. The molecule has 0 aliphatic rings. The van der Waals surface area contributed by atoms with Crippen molar-refractivity contribution in [2.45, 2.75) is 58.8 Å². The molecule has 1 atom stereocenters. The highest BCUT2D eigenvalue weighted by Crippen LogP contribution is 2.18. The van der Waals surface area contributed by atoms with Gasteiger partial charge in [0.15, 0.2) is 0 Å². The summed E-state index contributed by atoms with van der Waals surface area (Å²) in [7, 11) is 1.76. The molecule has 0 bridgehead atoms. The van der Waals surface area contributed by atoms with Crippen molar-refractivity contribution in [3.05, 3.63) is 65.7 Å². The van der Waals surface area contributed by atoms with E-state index in [0.29, 0.717) is 13.1 Å². The van der Waals surface area contributed by atoms with Gasteiger partial charge in [-0.05, 0) is 70.5 Å². The molecule has 3 rings (SSSR count). The van der Waals surface area contributed by atoms with Gasteiger partial charge in [-0.1, -0.05) is 24.3 Å². The molecule has 32 heavy (non-hydrogen) atoms. The van der Waals surface area contributed by atoms with E-state index in [1.807, 2.05) is 52.0 Å². The summed E-state index contributed by atoms with van der Waals surface area (Å²) >= 11 is 0. The van der Waals surface area contributed by atoms with Crippen molar-refractivity contribution in [3.8, 4) is 0 Å². The molecule has 1 N–H and O–H groups in total. The Kier molecular flexibility index (Phi) is 7.51. The van der Waals surface area contributed by atoms with Crippen LogP contribution in [0.25, 0.3) is 11.0 Å². The van der Waals surface area contributed by atoms with Gasteiger partial charge in [-0.3, -0.25) is 0 Å². The van der Waals surface area contributed by atoms with Gasteiger partial charge in [0.1, 0.15) is 17.2 Å². The van der Waals surface area contributed by atoms with Crippen LogP contribution < -0.4 is 5.32 Å². The first-order valence-corrected chi connectivity index (χ1v) is 11.0. The van der Waals surface area contributed by atoms with Gasteiger partial charge in [0, 0.05) is 19.6 Å². The number of amides is 1. The predicted molar refractivity (Wildman–Crippen MR) is 125 cm³/mol. The fourth-order valence-electron chi connectivity index (χ4n) is 3.43. The van der Waals surface area contributed by atoms with Gasteiger partial charge in [-0.2, -0.15) is 0 Å². The average Bonchev–Trinajstić information content (AvgIpc) is 3.08. The van der Waals surface area contributed by atoms with E-state index in [4.69, 9.17) is 9.72 Å². The Morgan fingerprint density at radius 3 is 2.56 bits per heavy atom. The van der Waals surface area contributed by atoms with E-state index in [-0.39, 0.29) is 18.0 Å². The molecule has 0 saturated heterocycles. The molecule has 0 fully saturated rings. The van der Waals surface area contributed by atoms with Crippen LogP contribution >= 0.6 is 0 Å². The fraction of sp³-hybridized carbons (Fsp3) is 0.440. The molecule has 1 heterocycles. The van der Waals surface area contributed by atoms with Gasteiger partial charge >= 0.3 is 6.09 Å². The van der Waals surface area contributed by atoms with E-state index < -0.39 is 5.60 Å². The van der Waals surface area contributed by atoms with Crippen LogP contribution in [-0.4, -0.2) is 45.8 Å². The van der Waals surface area contributed by atoms with Gasteiger partial charge in [-0.15, -0.1) is 0 Å². The number of para-hydroxylation sites is 2. The minimum absolute atomic E-state index is 0.0374. The molecule has 0 aliphatic carbocycles. The zero-order valence-corrected chi connectivity index (χ0v) is 19.6. The van der Waals surface area contributed by atoms with E-state index in [1.165, 1.54) is 12.1 Å². The number of fused-ring (bicyclic) bond motifs is 1. The quantitative estimate of drug-likeness (QED) is 0.503. The largest absolute Gasteiger partial charge is 0.444 e. The van der Waals surface area contributed by atoms with Crippen molar-refractivity contribution in [1.82, 2.24) is 19.8 Å². The molecule has 2 aromatic carbocycles. The number of benzene rings is 2. The SMILES string of the molecule is CC(CCNCc1nc2ccccc2n1Cc1ccc(F)cc1)N(C)C(=O)OC(C)(C)C. The second-order valence-electron chi connectivity index (χ2n) is 9.14. The second-order valence-corrected chi connectivity index (χ2v) is 9.14. The number of nitrogens with zero attached hydrogens (tertiary/aromatic N) is 3. The first kappa shape index (κ1) is 23.7. The van der Waals surface area contributed by atoms with Crippen LogP contribution in [0, 0.1) is 5.82 Å². The molecule has 0 saturated carbocycles. The summed E-state index contributed by atoms with van der Waals surface area (Å²) in [6.45, 7) is 9.55. The number of ether oxygens (including phenoxy) is 1. The van der Waals surface area contributed by atoms with Crippen LogP contribution in [0.15, 0.2) is 48.5 Å². The topological polar surface area (TPSA) is 59.4 Å². The number of carbonyl (C=O) groups is 1. The number of carbonyl (C=O) groups excluding carboxylic acids is 1. The van der Waals surface area contributed by atoms with Crippen molar-refractivity contribution in [1.29, 1.82) is 0 Å². The summed E-state index contributed by atoms with van der Waals surface area (Å²) < 4.78 is 20.9. The Hall–Kier alpha value is -2.93. The number of hydrogen-bond acceptors (Lipinski definition) is 4. The third kappa shape index (κ3) is 6.29. The second kappa shape index (κ2) is 10.1. The Balaban J connectivity index is 1.61. The minimum Gasteiger partial charge on any atom is -0.444 e. The van der Waals surface area contributed by atoms with E-state index in [0.717, 1.165) is 35.4 Å². The molecule has 3 aromatic rings. The van der Waals surface area contributed by atoms with Gasteiger partial charge in [-0.25, -0.2) is 14.2 Å². The molecule has 1 amide bonds.